The number of fused-ring (bicyclic) bond motifs is 1. The summed E-state index contributed by atoms with van der Waals surface area (Å²) >= 11 is 0. The fourth-order valence-corrected chi connectivity index (χ4v) is 4.45. The Morgan fingerprint density at radius 3 is 2.44 bits per heavy atom. The van der Waals surface area contributed by atoms with Crippen LogP contribution in [-0.4, -0.2) is 47.4 Å². The molecule has 0 aliphatic carbocycles. The summed E-state index contributed by atoms with van der Waals surface area (Å²) in [5, 5.41) is 0. The minimum Gasteiger partial charge on any atom is -0.379 e. The van der Waals surface area contributed by atoms with E-state index in [0.29, 0.717) is 37.4 Å². The Morgan fingerprint density at radius 2 is 1.72 bits per heavy atom. The molecule has 2 aromatic rings. The highest BCUT2D eigenvalue weighted by atomic mass is 16.5. The molecule has 32 heavy (non-hydrogen) atoms. The molecule has 0 spiro atoms. The second-order valence-corrected chi connectivity index (χ2v) is 9.00. The second-order valence-electron chi connectivity index (χ2n) is 9.00. The van der Waals surface area contributed by atoms with Gasteiger partial charge in [0.15, 0.2) is 0 Å². The molecular formula is C27H32N2O3. The molecule has 5 nitrogen and oxygen atoms in total. The van der Waals surface area contributed by atoms with Gasteiger partial charge in [-0.3, -0.25) is 14.5 Å². The zero-order valence-electron chi connectivity index (χ0n) is 19.5. The van der Waals surface area contributed by atoms with Crippen molar-refractivity contribution in [3.8, 4) is 0 Å². The van der Waals surface area contributed by atoms with E-state index in [1.165, 1.54) is 21.6 Å². The summed E-state index contributed by atoms with van der Waals surface area (Å²) in [5.74, 6) is -0.385. The number of imide groups is 1. The number of hydrogen-bond donors (Lipinski definition) is 0. The molecule has 0 fully saturated rings. The number of hydrogen-bond acceptors (Lipinski definition) is 4. The van der Waals surface area contributed by atoms with E-state index < -0.39 is 0 Å². The molecule has 0 aromatic heterocycles. The van der Waals surface area contributed by atoms with Crippen molar-refractivity contribution in [2.45, 2.75) is 53.2 Å². The van der Waals surface area contributed by atoms with Gasteiger partial charge < -0.3 is 9.64 Å². The number of nitrogens with zero attached hydrogens (tertiary/aromatic N) is 2. The van der Waals surface area contributed by atoms with E-state index in [0.717, 1.165) is 24.1 Å². The molecule has 0 atom stereocenters. The standard InChI is InChI=1S/C27H32N2O3/c1-18(2)32-15-7-13-29-26(30)24(22-11-10-19(3)20(4)16-22)25(27(29)31)28-14-12-21-8-5-6-9-23(21)17-28/h5-6,8-11,16,18H,7,12-15,17H2,1-4H3. The average molecular weight is 433 g/mol. The van der Waals surface area contributed by atoms with Crippen LogP contribution in [-0.2, 0) is 27.3 Å². The van der Waals surface area contributed by atoms with E-state index in [2.05, 4.69) is 30.0 Å². The van der Waals surface area contributed by atoms with Crippen LogP contribution in [0.3, 0.4) is 0 Å². The number of amides is 2. The minimum absolute atomic E-state index is 0.133. The van der Waals surface area contributed by atoms with Crippen molar-refractivity contribution < 1.29 is 14.3 Å². The highest BCUT2D eigenvalue weighted by molar-refractivity contribution is 6.35. The third-order valence-corrected chi connectivity index (χ3v) is 6.36. The lowest BCUT2D eigenvalue weighted by Crippen LogP contribution is -2.38. The van der Waals surface area contributed by atoms with Crippen LogP contribution in [0, 0.1) is 13.8 Å². The van der Waals surface area contributed by atoms with E-state index in [9.17, 15) is 9.59 Å². The van der Waals surface area contributed by atoms with Crippen LogP contribution in [0.1, 0.15) is 48.1 Å². The fourth-order valence-electron chi connectivity index (χ4n) is 4.45. The van der Waals surface area contributed by atoms with E-state index in [1.807, 2.05) is 45.0 Å². The highest BCUT2D eigenvalue weighted by Crippen LogP contribution is 2.35. The van der Waals surface area contributed by atoms with Crippen LogP contribution in [0.2, 0.25) is 0 Å². The predicted octanol–water partition coefficient (Wildman–Crippen LogP) is 4.26. The summed E-state index contributed by atoms with van der Waals surface area (Å²) in [6.07, 6.45) is 1.63. The van der Waals surface area contributed by atoms with Gasteiger partial charge in [-0.15, -0.1) is 0 Å². The first-order chi connectivity index (χ1) is 15.4. The van der Waals surface area contributed by atoms with Gasteiger partial charge in [-0.2, -0.15) is 0 Å². The molecular weight excluding hydrogens is 400 g/mol. The lowest BCUT2D eigenvalue weighted by Gasteiger charge is -2.31. The van der Waals surface area contributed by atoms with Gasteiger partial charge in [0.25, 0.3) is 11.8 Å². The predicted molar refractivity (Wildman–Crippen MR) is 126 cm³/mol. The van der Waals surface area contributed by atoms with Gasteiger partial charge in [0, 0.05) is 26.2 Å². The monoisotopic (exact) mass is 432 g/mol. The van der Waals surface area contributed by atoms with Crippen LogP contribution in [0.5, 0.6) is 0 Å². The summed E-state index contributed by atoms with van der Waals surface area (Å²) in [7, 11) is 0. The number of carbonyl (C=O) groups is 2. The molecule has 2 amide bonds. The zero-order chi connectivity index (χ0) is 22.8. The maximum Gasteiger partial charge on any atom is 0.277 e. The van der Waals surface area contributed by atoms with E-state index in [-0.39, 0.29) is 17.9 Å². The van der Waals surface area contributed by atoms with Crippen LogP contribution >= 0.6 is 0 Å². The summed E-state index contributed by atoms with van der Waals surface area (Å²) < 4.78 is 5.62. The molecule has 0 radical (unpaired) electrons. The van der Waals surface area contributed by atoms with Gasteiger partial charge in [0.2, 0.25) is 0 Å². The Bertz CT molecular complexity index is 1070. The van der Waals surface area contributed by atoms with E-state index in [1.54, 1.807) is 0 Å². The third-order valence-electron chi connectivity index (χ3n) is 6.36. The zero-order valence-corrected chi connectivity index (χ0v) is 19.5. The SMILES string of the molecule is Cc1ccc(C2=C(N3CCc4ccccc4C3)C(=O)N(CCCOC(C)C)C2=O)cc1C. The molecule has 0 saturated heterocycles. The Balaban J connectivity index is 1.68. The van der Waals surface area contributed by atoms with Crippen molar-refractivity contribution in [2.75, 3.05) is 19.7 Å². The summed E-state index contributed by atoms with van der Waals surface area (Å²) in [4.78, 5) is 30.6. The third kappa shape index (κ3) is 4.35. The van der Waals surface area contributed by atoms with Crippen molar-refractivity contribution in [3.05, 3.63) is 76.0 Å². The van der Waals surface area contributed by atoms with Crippen molar-refractivity contribution in [2.24, 2.45) is 0 Å². The maximum atomic E-state index is 13.6. The van der Waals surface area contributed by atoms with Gasteiger partial charge in [-0.1, -0.05) is 42.5 Å². The van der Waals surface area contributed by atoms with Crippen molar-refractivity contribution in [1.29, 1.82) is 0 Å². The van der Waals surface area contributed by atoms with Crippen LogP contribution in [0.15, 0.2) is 48.2 Å². The first kappa shape index (κ1) is 22.3. The van der Waals surface area contributed by atoms with Gasteiger partial charge in [-0.25, -0.2) is 0 Å². The molecule has 0 saturated carbocycles. The maximum absolute atomic E-state index is 13.6. The van der Waals surface area contributed by atoms with Gasteiger partial charge in [0.1, 0.15) is 5.70 Å². The first-order valence-electron chi connectivity index (χ1n) is 11.5. The smallest absolute Gasteiger partial charge is 0.277 e. The normalized spacial score (nSPS) is 16.4. The molecule has 2 aliphatic heterocycles. The topological polar surface area (TPSA) is 49.9 Å². The Hall–Kier alpha value is -2.92. The molecule has 0 N–H and O–H groups in total. The molecule has 0 unspecified atom stereocenters. The Labute approximate surface area is 190 Å². The molecule has 168 valence electrons. The second kappa shape index (κ2) is 9.29. The minimum atomic E-state index is -0.198. The summed E-state index contributed by atoms with van der Waals surface area (Å²) in [6, 6.07) is 14.4. The van der Waals surface area contributed by atoms with Crippen LogP contribution < -0.4 is 0 Å². The highest BCUT2D eigenvalue weighted by Gasteiger charge is 2.41. The number of carbonyl (C=O) groups excluding carboxylic acids is 2. The fraction of sp³-hybridized carbons (Fsp3) is 0.407. The molecule has 2 heterocycles. The lowest BCUT2D eigenvalue weighted by molar-refractivity contribution is -0.137. The van der Waals surface area contributed by atoms with Crippen molar-refractivity contribution >= 4 is 17.4 Å². The van der Waals surface area contributed by atoms with Gasteiger partial charge >= 0.3 is 0 Å². The Kier molecular flexibility index (Phi) is 6.47. The number of aryl methyl sites for hydroxylation is 2. The molecule has 4 rings (SSSR count). The van der Waals surface area contributed by atoms with E-state index >= 15 is 0 Å². The largest absolute Gasteiger partial charge is 0.379 e. The van der Waals surface area contributed by atoms with Crippen LogP contribution in [0.25, 0.3) is 5.57 Å². The molecule has 2 aliphatic rings. The lowest BCUT2D eigenvalue weighted by atomic mass is 9.96. The molecule has 2 aromatic carbocycles. The van der Waals surface area contributed by atoms with E-state index in [4.69, 9.17) is 4.74 Å². The van der Waals surface area contributed by atoms with Crippen LogP contribution in [0.4, 0.5) is 0 Å². The molecule has 5 heteroatoms. The Morgan fingerprint density at radius 1 is 0.969 bits per heavy atom. The summed E-state index contributed by atoms with van der Waals surface area (Å²) in [5.41, 5.74) is 6.71. The van der Waals surface area contributed by atoms with Crippen molar-refractivity contribution in [3.63, 3.8) is 0 Å². The summed E-state index contributed by atoms with van der Waals surface area (Å²) in [6.45, 7) is 10.3. The number of ether oxygens (including phenoxy) is 1. The first-order valence-corrected chi connectivity index (χ1v) is 11.5. The number of benzene rings is 2. The van der Waals surface area contributed by atoms with Gasteiger partial charge in [0.05, 0.1) is 11.7 Å². The molecule has 0 bridgehead atoms. The quantitative estimate of drug-likeness (QED) is 0.485. The average Bonchev–Trinajstić information content (AvgIpc) is 3.02. The van der Waals surface area contributed by atoms with Gasteiger partial charge in [-0.05, 0) is 68.4 Å². The van der Waals surface area contributed by atoms with Crippen molar-refractivity contribution in [1.82, 2.24) is 9.80 Å². The number of rotatable bonds is 7.